The molecule has 2 aromatic carbocycles. The second-order valence-corrected chi connectivity index (χ2v) is 21.8. The molecule has 0 radical (unpaired) electrons. The highest BCUT2D eigenvalue weighted by molar-refractivity contribution is 7.54. The number of ether oxygens (including phenoxy) is 2. The zero-order chi connectivity index (χ0) is 39.7. The van der Waals surface area contributed by atoms with E-state index >= 15 is 0 Å². The van der Waals surface area contributed by atoms with E-state index in [1.54, 1.807) is 67.5 Å². The zero-order valence-electron chi connectivity index (χ0n) is 33.0. The minimum Gasteiger partial charge on any atom is -0.443 e. The van der Waals surface area contributed by atoms with Crippen molar-refractivity contribution in [2.24, 2.45) is 0 Å². The average molecular weight is 770 g/mol. The number of benzene rings is 2. The number of rotatable bonds is 14. The molecule has 0 saturated heterocycles. The molecule has 3 aromatic rings. The molecule has 0 unspecified atom stereocenters. The second kappa shape index (κ2) is 18.0. The molecule has 0 fully saturated rings. The number of anilines is 1. The Balaban J connectivity index is 2.19. The van der Waals surface area contributed by atoms with Crippen molar-refractivity contribution < 1.29 is 37.1 Å². The first-order valence-electron chi connectivity index (χ1n) is 17.8. The van der Waals surface area contributed by atoms with Crippen LogP contribution in [0.5, 0.6) is 0 Å². The molecule has 1 heterocycles. The lowest BCUT2D eigenvalue weighted by Crippen LogP contribution is -2.67. The third kappa shape index (κ3) is 11.8. The molecule has 0 aliphatic rings. The van der Waals surface area contributed by atoms with Crippen molar-refractivity contribution in [3.05, 3.63) is 95.6 Å². The summed E-state index contributed by atoms with van der Waals surface area (Å²) in [5, 5.41) is 1.73. The molecule has 0 aliphatic heterocycles. The van der Waals surface area contributed by atoms with Gasteiger partial charge in [-0.25, -0.2) is 14.4 Å². The molecule has 1 atom stereocenters. The summed E-state index contributed by atoms with van der Waals surface area (Å²) in [5.41, 5.74) is -2.69. The van der Waals surface area contributed by atoms with Crippen molar-refractivity contribution in [2.45, 2.75) is 98.4 Å². The molecule has 53 heavy (non-hydrogen) atoms. The summed E-state index contributed by atoms with van der Waals surface area (Å²) in [7, 11) is -6.53. The molecular formula is C39H56N3O9PSi. The zero-order valence-corrected chi connectivity index (χ0v) is 34.8. The lowest BCUT2D eigenvalue weighted by Gasteiger charge is -2.43. The van der Waals surface area contributed by atoms with E-state index in [1.165, 1.54) is 16.8 Å². The molecule has 290 valence electrons. The van der Waals surface area contributed by atoms with E-state index in [2.05, 4.69) is 50.0 Å². The average Bonchev–Trinajstić information content (AvgIpc) is 3.03. The van der Waals surface area contributed by atoms with Crippen LogP contribution in [0.15, 0.2) is 89.9 Å². The fourth-order valence-corrected chi connectivity index (χ4v) is 11.8. The maximum atomic E-state index is 14.0. The largest absolute Gasteiger partial charge is 0.443 e. The van der Waals surface area contributed by atoms with Crippen molar-refractivity contribution in [1.82, 2.24) is 9.55 Å². The van der Waals surface area contributed by atoms with Gasteiger partial charge in [-0.1, -0.05) is 93.6 Å². The number of nitrogens with zero attached hydrogens (tertiary/aromatic N) is 3. The SMILES string of the molecule is CCOP(=O)(C/C=C/[C@@H](CO[Si](c1ccccc1)(c1ccccc1)C(C)(C)C)n1ccc(N(C(=O)OC(C)(C)C)C(=O)OC(C)(C)C)nc1=O)OCC. The Bertz CT molecular complexity index is 1720. The Kier molecular flexibility index (Phi) is 14.8. The lowest BCUT2D eigenvalue weighted by molar-refractivity contribution is 0.0428. The fraction of sp³-hybridized carbons (Fsp3) is 0.487. The highest BCUT2D eigenvalue weighted by atomic mass is 31.2. The van der Waals surface area contributed by atoms with Gasteiger partial charge in [0.2, 0.25) is 0 Å². The van der Waals surface area contributed by atoms with E-state index < -0.39 is 51.0 Å². The quantitative estimate of drug-likeness (QED) is 0.0906. The summed E-state index contributed by atoms with van der Waals surface area (Å²) >= 11 is 0. The number of allylic oxidation sites excluding steroid dienone is 1. The van der Waals surface area contributed by atoms with Crippen LogP contribution in [0.2, 0.25) is 5.04 Å². The maximum absolute atomic E-state index is 14.0. The van der Waals surface area contributed by atoms with Gasteiger partial charge < -0.3 is 22.9 Å². The molecule has 1 aromatic heterocycles. The number of aromatic nitrogens is 2. The maximum Gasteiger partial charge on any atom is 0.425 e. The van der Waals surface area contributed by atoms with Crippen LogP contribution in [0.4, 0.5) is 15.4 Å². The minimum absolute atomic E-state index is 0.0140. The Morgan fingerprint density at radius 2 is 1.28 bits per heavy atom. The number of amides is 2. The molecule has 0 N–H and O–H groups in total. The molecule has 0 aliphatic carbocycles. The van der Waals surface area contributed by atoms with Gasteiger partial charge in [0, 0.05) is 6.20 Å². The summed E-state index contributed by atoms with van der Waals surface area (Å²) < 4.78 is 43.9. The predicted octanol–water partition coefficient (Wildman–Crippen LogP) is 7.86. The molecule has 14 heteroatoms. The van der Waals surface area contributed by atoms with Crippen LogP contribution < -0.4 is 21.0 Å². The molecule has 12 nitrogen and oxygen atoms in total. The van der Waals surface area contributed by atoms with Crippen LogP contribution in [0.1, 0.15) is 82.2 Å². The highest BCUT2D eigenvalue weighted by Crippen LogP contribution is 2.48. The van der Waals surface area contributed by atoms with Crippen molar-refractivity contribution >= 4 is 44.3 Å². The lowest BCUT2D eigenvalue weighted by atomic mass is 10.2. The van der Waals surface area contributed by atoms with E-state index in [4.69, 9.17) is 22.9 Å². The Morgan fingerprint density at radius 3 is 1.68 bits per heavy atom. The Morgan fingerprint density at radius 1 is 0.811 bits per heavy atom. The predicted molar refractivity (Wildman–Crippen MR) is 211 cm³/mol. The van der Waals surface area contributed by atoms with E-state index in [1.807, 2.05) is 36.4 Å². The van der Waals surface area contributed by atoms with Crippen LogP contribution in [0.3, 0.4) is 0 Å². The fourth-order valence-electron chi connectivity index (χ4n) is 5.74. The first kappa shape index (κ1) is 43.5. The van der Waals surface area contributed by atoms with Gasteiger partial charge in [-0.05, 0) is 76.9 Å². The topological polar surface area (TPSA) is 135 Å². The monoisotopic (exact) mass is 769 g/mol. The van der Waals surface area contributed by atoms with Crippen molar-refractivity contribution in [1.29, 1.82) is 0 Å². The smallest absolute Gasteiger partial charge is 0.425 e. The molecule has 3 rings (SSSR count). The van der Waals surface area contributed by atoms with Gasteiger partial charge in [-0.2, -0.15) is 9.88 Å². The van der Waals surface area contributed by atoms with Gasteiger partial charge in [0.1, 0.15) is 11.2 Å². The van der Waals surface area contributed by atoms with Crippen LogP contribution in [-0.4, -0.2) is 67.2 Å². The third-order valence-electron chi connectivity index (χ3n) is 7.78. The second-order valence-electron chi connectivity index (χ2n) is 15.4. The molecule has 0 spiro atoms. The van der Waals surface area contributed by atoms with Gasteiger partial charge in [-0.15, -0.1) is 0 Å². The standard InChI is InChI=1S/C39H56N3O9PSi/c1-12-47-52(46,48-13-2)28-20-21-30(29-49-53(39(9,10)11,31-22-16-14-17-23-31)32-24-18-15-19-25-32)41-27-26-33(40-34(41)43)42(35(44)50-37(3,4)5)36(45)51-38(6,7)8/h14-27,30H,12-13,28-29H2,1-11H3/b21-20+/t30-/m0/s1. The van der Waals surface area contributed by atoms with Crippen LogP contribution in [0.25, 0.3) is 0 Å². The van der Waals surface area contributed by atoms with Crippen molar-refractivity contribution in [2.75, 3.05) is 30.9 Å². The summed E-state index contributed by atoms with van der Waals surface area (Å²) in [5.74, 6) is -0.275. The number of carbonyl (C=O) groups excluding carboxylic acids is 2. The van der Waals surface area contributed by atoms with Gasteiger partial charge in [0.05, 0.1) is 32.0 Å². The molecule has 2 amide bonds. The van der Waals surface area contributed by atoms with Gasteiger partial charge >= 0.3 is 25.5 Å². The molecule has 0 saturated carbocycles. The first-order valence-corrected chi connectivity index (χ1v) is 21.4. The Hall–Kier alpha value is -3.87. The summed E-state index contributed by atoms with van der Waals surface area (Å²) in [6.07, 6.45) is 2.65. The highest BCUT2D eigenvalue weighted by Gasteiger charge is 2.50. The van der Waals surface area contributed by atoms with E-state index in [-0.39, 0.29) is 36.8 Å². The normalized spacial score (nSPS) is 13.5. The third-order valence-corrected chi connectivity index (χ3v) is 14.7. The van der Waals surface area contributed by atoms with E-state index in [9.17, 15) is 18.9 Å². The minimum atomic E-state index is -3.46. The first-order chi connectivity index (χ1) is 24.7. The molecule has 0 bridgehead atoms. The van der Waals surface area contributed by atoms with Crippen LogP contribution >= 0.6 is 7.60 Å². The van der Waals surface area contributed by atoms with Gasteiger partial charge in [0.15, 0.2) is 5.82 Å². The number of hydrogen-bond donors (Lipinski definition) is 0. The summed E-state index contributed by atoms with van der Waals surface area (Å²) in [4.78, 5) is 45.4. The summed E-state index contributed by atoms with van der Waals surface area (Å²) in [6, 6.07) is 20.7. The van der Waals surface area contributed by atoms with Crippen LogP contribution in [-0.2, 0) is 27.5 Å². The van der Waals surface area contributed by atoms with Crippen molar-refractivity contribution in [3.63, 3.8) is 0 Å². The number of carbonyl (C=O) groups is 2. The van der Waals surface area contributed by atoms with Crippen LogP contribution in [0, 0.1) is 0 Å². The van der Waals surface area contributed by atoms with Gasteiger partial charge in [0.25, 0.3) is 8.32 Å². The Labute approximate surface area is 315 Å². The van der Waals surface area contributed by atoms with Gasteiger partial charge in [-0.3, -0.25) is 9.13 Å². The summed E-state index contributed by atoms with van der Waals surface area (Å²) in [6.45, 7) is 20.3. The van der Waals surface area contributed by atoms with Crippen molar-refractivity contribution in [3.8, 4) is 0 Å². The number of imide groups is 1. The number of hydrogen-bond acceptors (Lipinski definition) is 10. The molecular weight excluding hydrogens is 714 g/mol. The van der Waals surface area contributed by atoms with E-state index in [0.29, 0.717) is 4.90 Å². The van der Waals surface area contributed by atoms with E-state index in [0.717, 1.165) is 10.4 Å².